The number of H-pyrrole nitrogens is 1. The van der Waals surface area contributed by atoms with Crippen molar-refractivity contribution in [1.82, 2.24) is 9.97 Å². The second kappa shape index (κ2) is 5.00. The maximum Gasteiger partial charge on any atom is 0.132 e. The van der Waals surface area contributed by atoms with E-state index in [0.717, 1.165) is 30.6 Å². The predicted octanol–water partition coefficient (Wildman–Crippen LogP) is 1.93. The summed E-state index contributed by atoms with van der Waals surface area (Å²) in [6.45, 7) is 5.24. The largest absolute Gasteiger partial charge is 0.346 e. The van der Waals surface area contributed by atoms with Gasteiger partial charge in [-0.3, -0.25) is 9.98 Å². The van der Waals surface area contributed by atoms with E-state index in [-0.39, 0.29) is 0 Å². The van der Waals surface area contributed by atoms with E-state index < -0.39 is 0 Å². The van der Waals surface area contributed by atoms with Gasteiger partial charge in [-0.1, -0.05) is 26.0 Å². The van der Waals surface area contributed by atoms with Gasteiger partial charge in [-0.05, 0) is 29.5 Å². The molecule has 2 aromatic rings. The lowest BCUT2D eigenvalue weighted by atomic mass is 10.0. The second-order valence-electron chi connectivity index (χ2n) is 5.37. The number of pyridine rings is 1. The highest BCUT2D eigenvalue weighted by Gasteiger charge is 2.06. The summed E-state index contributed by atoms with van der Waals surface area (Å²) in [5.74, 6) is 0.487. The standard InChI is InChI=1S/C16H19N3/c1-11(2)15-6-5-12(9-18-15)8-13-10-19-16-14(13)4-3-7-17-16/h4-6,9-11H,3,7-8H2,1-2H3,(H,17,19). The molecular weight excluding hydrogens is 234 g/mol. The molecule has 1 aliphatic rings. The van der Waals surface area contributed by atoms with Crippen LogP contribution >= 0.6 is 0 Å². The number of rotatable bonds is 3. The number of hydrogen-bond donors (Lipinski definition) is 1. The van der Waals surface area contributed by atoms with E-state index in [0.29, 0.717) is 5.92 Å². The van der Waals surface area contributed by atoms with Crippen LogP contribution in [0.15, 0.2) is 29.5 Å². The first-order valence-electron chi connectivity index (χ1n) is 6.90. The first kappa shape index (κ1) is 12.2. The molecule has 0 bridgehead atoms. The van der Waals surface area contributed by atoms with Crippen molar-refractivity contribution in [3.8, 4) is 0 Å². The third-order valence-electron chi connectivity index (χ3n) is 3.57. The Morgan fingerprint density at radius 3 is 2.95 bits per heavy atom. The summed E-state index contributed by atoms with van der Waals surface area (Å²) < 4.78 is 0. The number of aromatic amines is 1. The molecule has 0 aromatic carbocycles. The summed E-state index contributed by atoms with van der Waals surface area (Å²) in [7, 11) is 0. The number of fused-ring (bicyclic) bond motifs is 1. The van der Waals surface area contributed by atoms with Gasteiger partial charge in [0.1, 0.15) is 5.49 Å². The number of nitrogens with zero attached hydrogens (tertiary/aromatic N) is 2. The van der Waals surface area contributed by atoms with E-state index in [2.05, 4.69) is 53.2 Å². The van der Waals surface area contributed by atoms with Gasteiger partial charge in [-0.25, -0.2) is 0 Å². The molecule has 3 rings (SSSR count). The fourth-order valence-corrected chi connectivity index (χ4v) is 2.46. The van der Waals surface area contributed by atoms with Crippen LogP contribution in [0.1, 0.15) is 43.0 Å². The quantitative estimate of drug-likeness (QED) is 0.892. The first-order chi connectivity index (χ1) is 9.24. The first-order valence-corrected chi connectivity index (χ1v) is 6.90. The molecule has 1 N–H and O–H groups in total. The van der Waals surface area contributed by atoms with E-state index in [1.807, 2.05) is 6.20 Å². The smallest absolute Gasteiger partial charge is 0.132 e. The van der Waals surface area contributed by atoms with Crippen molar-refractivity contribution in [3.63, 3.8) is 0 Å². The van der Waals surface area contributed by atoms with Crippen molar-refractivity contribution >= 4 is 6.08 Å². The average molecular weight is 253 g/mol. The lowest BCUT2D eigenvalue weighted by Crippen LogP contribution is -2.28. The van der Waals surface area contributed by atoms with Gasteiger partial charge in [0.05, 0.1) is 0 Å². The van der Waals surface area contributed by atoms with Crippen molar-refractivity contribution in [3.05, 3.63) is 52.1 Å². The fourth-order valence-electron chi connectivity index (χ4n) is 2.46. The van der Waals surface area contributed by atoms with Crippen molar-refractivity contribution < 1.29 is 0 Å². The highest BCUT2D eigenvalue weighted by atomic mass is 14.8. The molecule has 0 atom stereocenters. The number of nitrogens with one attached hydrogen (secondary N) is 1. The molecule has 0 fully saturated rings. The van der Waals surface area contributed by atoms with Crippen LogP contribution < -0.4 is 10.7 Å². The molecular formula is C16H19N3. The minimum absolute atomic E-state index is 0.487. The van der Waals surface area contributed by atoms with Crippen LogP contribution in [0.2, 0.25) is 0 Å². The summed E-state index contributed by atoms with van der Waals surface area (Å²) in [5.41, 5.74) is 4.76. The van der Waals surface area contributed by atoms with Crippen LogP contribution in [0.5, 0.6) is 0 Å². The Morgan fingerprint density at radius 1 is 1.32 bits per heavy atom. The maximum absolute atomic E-state index is 4.53. The maximum atomic E-state index is 4.53. The molecule has 0 aliphatic carbocycles. The zero-order valence-electron chi connectivity index (χ0n) is 11.5. The normalized spacial score (nSPS) is 13.8. The molecule has 2 aromatic heterocycles. The van der Waals surface area contributed by atoms with Gasteiger partial charge in [0.15, 0.2) is 0 Å². The van der Waals surface area contributed by atoms with E-state index in [9.17, 15) is 0 Å². The Labute approximate surface area is 113 Å². The van der Waals surface area contributed by atoms with Gasteiger partial charge in [0.25, 0.3) is 0 Å². The predicted molar refractivity (Wildman–Crippen MR) is 76.7 cm³/mol. The van der Waals surface area contributed by atoms with Crippen LogP contribution in [0.3, 0.4) is 0 Å². The minimum Gasteiger partial charge on any atom is -0.346 e. The summed E-state index contributed by atoms with van der Waals surface area (Å²) in [5, 5.41) is 1.28. The van der Waals surface area contributed by atoms with Crippen molar-refractivity contribution in [2.75, 3.05) is 6.54 Å². The molecule has 3 nitrogen and oxygen atoms in total. The molecule has 19 heavy (non-hydrogen) atoms. The van der Waals surface area contributed by atoms with E-state index >= 15 is 0 Å². The second-order valence-corrected chi connectivity index (χ2v) is 5.37. The molecule has 1 aliphatic heterocycles. The van der Waals surface area contributed by atoms with Crippen LogP contribution in [-0.2, 0) is 6.42 Å². The molecule has 0 saturated carbocycles. The highest BCUT2D eigenvalue weighted by molar-refractivity contribution is 5.33. The third-order valence-corrected chi connectivity index (χ3v) is 3.57. The average Bonchev–Trinajstić information content (AvgIpc) is 2.83. The summed E-state index contributed by atoms with van der Waals surface area (Å²) >= 11 is 0. The van der Waals surface area contributed by atoms with Gasteiger partial charge >= 0.3 is 0 Å². The zero-order chi connectivity index (χ0) is 13.2. The Morgan fingerprint density at radius 2 is 2.21 bits per heavy atom. The van der Waals surface area contributed by atoms with Crippen LogP contribution in [-0.4, -0.2) is 16.5 Å². The molecule has 3 heterocycles. The van der Waals surface area contributed by atoms with Crippen molar-refractivity contribution in [2.45, 2.75) is 32.6 Å². The summed E-state index contributed by atoms with van der Waals surface area (Å²) in [4.78, 5) is 12.3. The van der Waals surface area contributed by atoms with Crippen molar-refractivity contribution in [1.29, 1.82) is 0 Å². The topological polar surface area (TPSA) is 41.0 Å². The fraction of sp³-hybridized carbons (Fsp3) is 0.375. The summed E-state index contributed by atoms with van der Waals surface area (Å²) in [6.07, 6.45) is 8.32. The molecule has 98 valence electrons. The molecule has 0 unspecified atom stereocenters. The Balaban J connectivity index is 1.88. The molecule has 0 radical (unpaired) electrons. The molecule has 0 spiro atoms. The van der Waals surface area contributed by atoms with E-state index in [1.165, 1.54) is 16.3 Å². The lowest BCUT2D eigenvalue weighted by Gasteiger charge is -2.05. The van der Waals surface area contributed by atoms with Gasteiger partial charge in [0.2, 0.25) is 0 Å². The Hall–Kier alpha value is -1.90. The van der Waals surface area contributed by atoms with Gasteiger partial charge < -0.3 is 4.98 Å². The zero-order valence-corrected chi connectivity index (χ0v) is 11.5. The third kappa shape index (κ3) is 2.46. The number of aromatic nitrogens is 2. The number of hydrogen-bond acceptors (Lipinski definition) is 2. The minimum atomic E-state index is 0.487. The monoisotopic (exact) mass is 253 g/mol. The van der Waals surface area contributed by atoms with Gasteiger partial charge in [-0.2, -0.15) is 0 Å². The highest BCUT2D eigenvalue weighted by Crippen LogP contribution is 2.12. The van der Waals surface area contributed by atoms with E-state index in [4.69, 9.17) is 0 Å². The molecule has 0 saturated heterocycles. The van der Waals surface area contributed by atoms with Gasteiger partial charge in [-0.15, -0.1) is 0 Å². The van der Waals surface area contributed by atoms with Gasteiger partial charge in [0, 0.05) is 36.3 Å². The Kier molecular flexibility index (Phi) is 3.20. The lowest BCUT2D eigenvalue weighted by molar-refractivity contribution is 0.819. The SMILES string of the molecule is CC(C)c1ccc(Cc2c[nH]c3c2=CCCN=3)cn1. The van der Waals surface area contributed by atoms with Crippen LogP contribution in [0, 0.1) is 0 Å². The summed E-state index contributed by atoms with van der Waals surface area (Å²) in [6, 6.07) is 4.31. The Bertz CT molecular complexity index is 678. The molecule has 0 amide bonds. The van der Waals surface area contributed by atoms with E-state index in [1.54, 1.807) is 0 Å². The van der Waals surface area contributed by atoms with Crippen LogP contribution in [0.4, 0.5) is 0 Å². The van der Waals surface area contributed by atoms with Crippen molar-refractivity contribution in [2.24, 2.45) is 4.99 Å². The molecule has 3 heteroatoms. The van der Waals surface area contributed by atoms with Crippen LogP contribution in [0.25, 0.3) is 6.08 Å².